The van der Waals surface area contributed by atoms with E-state index in [-0.39, 0.29) is 12.3 Å². The third kappa shape index (κ3) is 4.51. The van der Waals surface area contributed by atoms with E-state index in [9.17, 15) is 36.4 Å². The molecule has 0 spiro atoms. The molecule has 6 nitrogen and oxygen atoms in total. The Morgan fingerprint density at radius 1 is 1.00 bits per heavy atom. The van der Waals surface area contributed by atoms with Gasteiger partial charge in [0.2, 0.25) is 34.8 Å². The van der Waals surface area contributed by atoms with Crippen molar-refractivity contribution in [1.82, 2.24) is 4.67 Å². The first-order chi connectivity index (χ1) is 13.5. The van der Waals surface area contributed by atoms with E-state index in [1.807, 2.05) is 0 Å². The lowest BCUT2D eigenvalue weighted by Crippen LogP contribution is -2.39. The number of carboxylic acids is 1. The van der Waals surface area contributed by atoms with Gasteiger partial charge in [0.15, 0.2) is 0 Å². The van der Waals surface area contributed by atoms with Crippen LogP contribution in [0.25, 0.3) is 0 Å². The molecule has 0 radical (unpaired) electrons. The number of likely N-dealkylation sites (N-methyl/N-ethyl adjacent to an activating group) is 1. The second-order valence-electron chi connectivity index (χ2n) is 5.63. The van der Waals surface area contributed by atoms with Gasteiger partial charge in [0.1, 0.15) is 11.8 Å². The molecule has 0 aliphatic heterocycles. The Bertz CT molecular complexity index is 930. The van der Waals surface area contributed by atoms with Gasteiger partial charge in [0.05, 0.1) is 0 Å². The van der Waals surface area contributed by atoms with Crippen LogP contribution >= 0.6 is 7.75 Å². The molecule has 1 N–H and O–H groups in total. The van der Waals surface area contributed by atoms with Crippen molar-refractivity contribution in [3.05, 3.63) is 59.4 Å². The zero-order valence-corrected chi connectivity index (χ0v) is 15.9. The topological polar surface area (TPSA) is 76.1 Å². The fraction of sp³-hybridized carbons (Fsp3) is 0.235. The van der Waals surface area contributed by atoms with E-state index in [1.54, 1.807) is 6.07 Å². The lowest BCUT2D eigenvalue weighted by Gasteiger charge is -2.31. The molecule has 0 aromatic heterocycles. The van der Waals surface area contributed by atoms with Crippen LogP contribution in [0.3, 0.4) is 0 Å². The number of aliphatic carboxylic acids is 1. The number of nitrogens with zero attached hydrogens (tertiary/aromatic N) is 1. The molecule has 0 saturated heterocycles. The number of rotatable bonds is 8. The molecule has 1 unspecified atom stereocenters. The van der Waals surface area contributed by atoms with Crippen molar-refractivity contribution in [2.45, 2.75) is 19.9 Å². The van der Waals surface area contributed by atoms with Crippen molar-refractivity contribution in [1.29, 1.82) is 0 Å². The second kappa shape index (κ2) is 8.79. The molecule has 2 atom stereocenters. The van der Waals surface area contributed by atoms with Gasteiger partial charge in [-0.2, -0.15) is 13.5 Å². The van der Waals surface area contributed by atoms with Crippen LogP contribution in [-0.2, 0) is 9.36 Å². The number of halogens is 5. The molecule has 2 aromatic carbocycles. The fourth-order valence-electron chi connectivity index (χ4n) is 2.31. The lowest BCUT2D eigenvalue weighted by molar-refractivity contribution is -0.141. The molecule has 0 aliphatic carbocycles. The minimum Gasteiger partial charge on any atom is -0.480 e. The van der Waals surface area contributed by atoms with Crippen LogP contribution in [0.5, 0.6) is 11.5 Å². The third-order valence-corrected chi connectivity index (χ3v) is 5.90. The van der Waals surface area contributed by atoms with Gasteiger partial charge in [-0.05, 0) is 19.1 Å². The second-order valence-corrected chi connectivity index (χ2v) is 7.45. The molecule has 2 aromatic rings. The molecule has 12 heteroatoms. The maximum Gasteiger partial charge on any atom is 0.516 e. The van der Waals surface area contributed by atoms with E-state index in [4.69, 9.17) is 9.05 Å². The van der Waals surface area contributed by atoms with Crippen molar-refractivity contribution in [2.24, 2.45) is 0 Å². The van der Waals surface area contributed by atoms with E-state index in [2.05, 4.69) is 0 Å². The predicted molar refractivity (Wildman–Crippen MR) is 91.0 cm³/mol. The average molecular weight is 439 g/mol. The standard InChI is InChI=1S/C17H15F5NO5P/c1-3-23(9(2)17(24)25)29(26,27-10-7-5-4-6-8-10)28-16-14(21)12(19)11(18)13(20)15(16)22/h4-9H,3H2,1-2H3,(H,24,25)/t9-,29?/m0/s1. The fourth-order valence-corrected chi connectivity index (χ4v) is 4.20. The number of carbonyl (C=O) groups is 1. The number of carboxylic acid groups (broad SMARTS) is 1. The third-order valence-electron chi connectivity index (χ3n) is 3.78. The molecule has 0 amide bonds. The first kappa shape index (κ1) is 22.6. The highest BCUT2D eigenvalue weighted by Crippen LogP contribution is 2.54. The molecular weight excluding hydrogens is 424 g/mol. The molecule has 0 aliphatic rings. The van der Waals surface area contributed by atoms with Crippen molar-refractivity contribution < 1.29 is 45.5 Å². The van der Waals surface area contributed by atoms with Gasteiger partial charge < -0.3 is 14.2 Å². The van der Waals surface area contributed by atoms with Crippen LogP contribution in [0.1, 0.15) is 13.8 Å². The Balaban J connectivity index is 2.63. The van der Waals surface area contributed by atoms with E-state index < -0.39 is 54.6 Å². The number of benzene rings is 2. The Labute approximate surface area is 162 Å². The van der Waals surface area contributed by atoms with E-state index in [0.717, 1.165) is 6.92 Å². The molecule has 29 heavy (non-hydrogen) atoms. The largest absolute Gasteiger partial charge is 0.516 e. The highest BCUT2D eigenvalue weighted by Gasteiger charge is 2.44. The summed E-state index contributed by atoms with van der Waals surface area (Å²) in [6.45, 7) is 2.09. The summed E-state index contributed by atoms with van der Waals surface area (Å²) in [5.74, 6) is -15.3. The zero-order chi connectivity index (χ0) is 21.9. The highest BCUT2D eigenvalue weighted by molar-refractivity contribution is 7.52. The Kier molecular flexibility index (Phi) is 6.86. The predicted octanol–water partition coefficient (Wildman–Crippen LogP) is 4.74. The monoisotopic (exact) mass is 439 g/mol. The quantitative estimate of drug-likeness (QED) is 0.277. The molecule has 158 valence electrons. The van der Waals surface area contributed by atoms with Gasteiger partial charge in [0, 0.05) is 6.54 Å². The zero-order valence-electron chi connectivity index (χ0n) is 15.0. The molecular formula is C17H15F5NO5P. The minimum absolute atomic E-state index is 0.157. The molecule has 0 fully saturated rings. The minimum atomic E-state index is -4.98. The van der Waals surface area contributed by atoms with Crippen molar-refractivity contribution in [2.75, 3.05) is 6.54 Å². The van der Waals surface area contributed by atoms with Crippen LogP contribution in [0.4, 0.5) is 22.0 Å². The van der Waals surface area contributed by atoms with Gasteiger partial charge >= 0.3 is 13.7 Å². The summed E-state index contributed by atoms with van der Waals surface area (Å²) in [5, 5.41) is 9.22. The van der Waals surface area contributed by atoms with Crippen LogP contribution in [0.15, 0.2) is 30.3 Å². The smallest absolute Gasteiger partial charge is 0.480 e. The summed E-state index contributed by atoms with van der Waals surface area (Å²) < 4.78 is 92.2. The first-order valence-corrected chi connectivity index (χ1v) is 9.58. The van der Waals surface area contributed by atoms with Crippen molar-refractivity contribution >= 4 is 13.7 Å². The summed E-state index contributed by atoms with van der Waals surface area (Å²) in [5.41, 5.74) is 0. The maximum atomic E-state index is 14.0. The molecule has 0 heterocycles. The van der Waals surface area contributed by atoms with Crippen LogP contribution in [0, 0.1) is 29.1 Å². The van der Waals surface area contributed by atoms with E-state index in [1.165, 1.54) is 31.2 Å². The summed E-state index contributed by atoms with van der Waals surface area (Å²) in [7, 11) is -4.98. The SMILES string of the molecule is CCN([C@@H](C)C(=O)O)P(=O)(Oc1ccccc1)Oc1c(F)c(F)c(F)c(F)c1F. The Morgan fingerprint density at radius 3 is 1.93 bits per heavy atom. The van der Waals surface area contributed by atoms with E-state index in [0.29, 0.717) is 4.67 Å². The first-order valence-electron chi connectivity index (χ1n) is 8.09. The van der Waals surface area contributed by atoms with Crippen LogP contribution in [0.2, 0.25) is 0 Å². The Morgan fingerprint density at radius 2 is 1.48 bits per heavy atom. The number of hydrogen-bond acceptors (Lipinski definition) is 4. The van der Waals surface area contributed by atoms with Crippen LogP contribution < -0.4 is 9.05 Å². The maximum absolute atomic E-state index is 14.0. The molecule has 0 bridgehead atoms. The molecule has 0 saturated carbocycles. The van der Waals surface area contributed by atoms with E-state index >= 15 is 0 Å². The summed E-state index contributed by atoms with van der Waals surface area (Å²) in [6, 6.07) is 5.42. The van der Waals surface area contributed by atoms with Crippen molar-refractivity contribution in [3.8, 4) is 11.5 Å². The van der Waals surface area contributed by atoms with Gasteiger partial charge in [-0.15, -0.1) is 0 Å². The Hall–Kier alpha value is -2.65. The van der Waals surface area contributed by atoms with Crippen molar-refractivity contribution in [3.63, 3.8) is 0 Å². The van der Waals surface area contributed by atoms with Gasteiger partial charge in [-0.3, -0.25) is 4.79 Å². The number of hydrogen-bond donors (Lipinski definition) is 1. The average Bonchev–Trinajstić information content (AvgIpc) is 2.69. The number of para-hydroxylation sites is 1. The summed E-state index contributed by atoms with van der Waals surface area (Å²) in [4.78, 5) is 11.3. The summed E-state index contributed by atoms with van der Waals surface area (Å²) in [6.07, 6.45) is 0. The van der Waals surface area contributed by atoms with Gasteiger partial charge in [-0.1, -0.05) is 25.1 Å². The summed E-state index contributed by atoms with van der Waals surface area (Å²) >= 11 is 0. The highest BCUT2D eigenvalue weighted by atomic mass is 31.2. The molecule has 2 rings (SSSR count). The normalized spacial score (nSPS) is 14.3. The lowest BCUT2D eigenvalue weighted by atomic mass is 10.3. The van der Waals surface area contributed by atoms with Gasteiger partial charge in [0.25, 0.3) is 0 Å². The van der Waals surface area contributed by atoms with Crippen LogP contribution in [-0.4, -0.2) is 28.3 Å². The van der Waals surface area contributed by atoms with Gasteiger partial charge in [-0.25, -0.2) is 17.7 Å².